The summed E-state index contributed by atoms with van der Waals surface area (Å²) in [5.74, 6) is -0.108. The Morgan fingerprint density at radius 1 is 1.16 bits per heavy atom. The number of anilines is 1. The summed E-state index contributed by atoms with van der Waals surface area (Å²) in [4.78, 5) is 12.1. The van der Waals surface area contributed by atoms with Gasteiger partial charge in [0, 0.05) is 18.9 Å². The number of benzene rings is 2. The summed E-state index contributed by atoms with van der Waals surface area (Å²) < 4.78 is 1.95. The summed E-state index contributed by atoms with van der Waals surface area (Å²) in [5.41, 5.74) is 2.57. The molecule has 0 aliphatic heterocycles. The van der Waals surface area contributed by atoms with Crippen molar-refractivity contribution in [3.8, 4) is 0 Å². The molecule has 0 unspecified atom stereocenters. The van der Waals surface area contributed by atoms with Gasteiger partial charge in [0.15, 0.2) is 0 Å². The molecule has 1 N–H and O–H groups in total. The fraction of sp³-hybridized carbons (Fsp3) is 0.0714. The van der Waals surface area contributed by atoms with Crippen LogP contribution >= 0.6 is 54.5 Å². The van der Waals surface area contributed by atoms with E-state index in [1.54, 1.807) is 0 Å². The molecule has 0 aromatic heterocycles. The molecule has 0 saturated carbocycles. The van der Waals surface area contributed by atoms with Gasteiger partial charge in [0.25, 0.3) is 5.91 Å². The van der Waals surface area contributed by atoms with Gasteiger partial charge in [-0.2, -0.15) is 0 Å². The van der Waals surface area contributed by atoms with Crippen molar-refractivity contribution in [3.05, 3.63) is 61.6 Å². The predicted molar refractivity (Wildman–Crippen MR) is 93.9 cm³/mol. The third kappa shape index (κ3) is 4.03. The normalized spacial score (nSPS) is 10.3. The van der Waals surface area contributed by atoms with E-state index in [4.69, 9.17) is 0 Å². The molecule has 0 spiro atoms. The number of amides is 1. The minimum absolute atomic E-state index is 0.108. The van der Waals surface area contributed by atoms with Gasteiger partial charge >= 0.3 is 0 Å². The topological polar surface area (TPSA) is 29.1 Å². The molecule has 0 aliphatic carbocycles. The standard InChI is InChI=1S/C14H10Br2INO/c15-8-9-1-3-10(4-2-9)14(19)18-13-7-11(17)5-6-12(13)16/h1-7H,8H2,(H,18,19). The highest BCUT2D eigenvalue weighted by molar-refractivity contribution is 14.1. The van der Waals surface area contributed by atoms with Crippen LogP contribution in [0.1, 0.15) is 15.9 Å². The molecule has 0 radical (unpaired) electrons. The molecule has 2 nitrogen and oxygen atoms in total. The van der Waals surface area contributed by atoms with Gasteiger partial charge in [-0.25, -0.2) is 0 Å². The van der Waals surface area contributed by atoms with Crippen LogP contribution in [0, 0.1) is 3.57 Å². The van der Waals surface area contributed by atoms with Crippen LogP contribution in [0.15, 0.2) is 46.9 Å². The van der Waals surface area contributed by atoms with Crippen molar-refractivity contribution in [2.75, 3.05) is 5.32 Å². The lowest BCUT2D eigenvalue weighted by Crippen LogP contribution is -2.12. The number of hydrogen-bond acceptors (Lipinski definition) is 1. The molecule has 2 aromatic carbocycles. The predicted octanol–water partition coefficient (Wildman–Crippen LogP) is 5.20. The van der Waals surface area contributed by atoms with E-state index in [1.165, 1.54) is 0 Å². The maximum Gasteiger partial charge on any atom is 0.255 e. The lowest BCUT2D eigenvalue weighted by Gasteiger charge is -2.08. The first-order valence-corrected chi connectivity index (χ1v) is 8.51. The second-order valence-corrected chi connectivity index (χ2v) is 6.57. The summed E-state index contributed by atoms with van der Waals surface area (Å²) in [7, 11) is 0. The average Bonchev–Trinajstić information content (AvgIpc) is 2.43. The van der Waals surface area contributed by atoms with Crippen molar-refractivity contribution in [2.45, 2.75) is 5.33 Å². The third-order valence-corrected chi connectivity index (χ3v) is 4.56. The van der Waals surface area contributed by atoms with Crippen molar-refractivity contribution in [1.82, 2.24) is 0 Å². The number of alkyl halides is 1. The van der Waals surface area contributed by atoms with Crippen LogP contribution in [0.25, 0.3) is 0 Å². The van der Waals surface area contributed by atoms with Crippen LogP contribution in [0.2, 0.25) is 0 Å². The van der Waals surface area contributed by atoms with Crippen LogP contribution in [0.4, 0.5) is 5.69 Å². The van der Waals surface area contributed by atoms with Gasteiger partial charge in [-0.1, -0.05) is 28.1 Å². The van der Waals surface area contributed by atoms with Gasteiger partial charge in [0.2, 0.25) is 0 Å². The summed E-state index contributed by atoms with van der Waals surface area (Å²) in [6.07, 6.45) is 0. The average molecular weight is 495 g/mol. The number of hydrogen-bond donors (Lipinski definition) is 1. The summed E-state index contributed by atoms with van der Waals surface area (Å²) in [6.45, 7) is 0. The Morgan fingerprint density at radius 2 is 1.84 bits per heavy atom. The van der Waals surface area contributed by atoms with Crippen molar-refractivity contribution < 1.29 is 4.79 Å². The fourth-order valence-corrected chi connectivity index (χ4v) is 2.74. The molecule has 2 aromatic rings. The molecule has 0 heterocycles. The second-order valence-electron chi connectivity index (χ2n) is 3.91. The maximum absolute atomic E-state index is 12.1. The number of nitrogens with one attached hydrogen (secondary N) is 1. The van der Waals surface area contributed by atoms with Crippen LogP contribution in [0.3, 0.4) is 0 Å². The Kier molecular flexibility index (Phi) is 5.41. The first-order chi connectivity index (χ1) is 9.10. The van der Waals surface area contributed by atoms with Crippen LogP contribution in [0.5, 0.6) is 0 Å². The number of carbonyl (C=O) groups is 1. The van der Waals surface area contributed by atoms with E-state index in [1.807, 2.05) is 42.5 Å². The first kappa shape index (κ1) is 15.0. The fourth-order valence-electron chi connectivity index (χ4n) is 1.53. The van der Waals surface area contributed by atoms with Crippen LogP contribution in [-0.4, -0.2) is 5.91 Å². The lowest BCUT2D eigenvalue weighted by molar-refractivity contribution is 0.102. The highest BCUT2D eigenvalue weighted by atomic mass is 127. The van der Waals surface area contributed by atoms with E-state index >= 15 is 0 Å². The molecule has 5 heteroatoms. The van der Waals surface area contributed by atoms with Crippen molar-refractivity contribution >= 4 is 66.0 Å². The smallest absolute Gasteiger partial charge is 0.255 e. The Bertz CT molecular complexity index is 599. The van der Waals surface area contributed by atoms with Gasteiger partial charge in [0.1, 0.15) is 0 Å². The minimum Gasteiger partial charge on any atom is -0.321 e. The molecular formula is C14H10Br2INO. The van der Waals surface area contributed by atoms with E-state index < -0.39 is 0 Å². The van der Waals surface area contributed by atoms with Crippen molar-refractivity contribution in [3.63, 3.8) is 0 Å². The van der Waals surface area contributed by atoms with Crippen molar-refractivity contribution in [2.24, 2.45) is 0 Å². The number of halogens is 3. The number of rotatable bonds is 3. The quantitative estimate of drug-likeness (QED) is 0.461. The van der Waals surface area contributed by atoms with E-state index in [0.29, 0.717) is 5.56 Å². The van der Waals surface area contributed by atoms with Gasteiger partial charge in [0.05, 0.1) is 5.69 Å². The molecule has 0 atom stereocenters. The Balaban J connectivity index is 2.18. The lowest BCUT2D eigenvalue weighted by atomic mass is 10.1. The zero-order chi connectivity index (χ0) is 13.8. The van der Waals surface area contributed by atoms with Gasteiger partial charge in [-0.3, -0.25) is 4.79 Å². The summed E-state index contributed by atoms with van der Waals surface area (Å²) in [5, 5.41) is 3.69. The number of carbonyl (C=O) groups excluding carboxylic acids is 1. The van der Waals surface area contributed by atoms with Gasteiger partial charge in [-0.15, -0.1) is 0 Å². The monoisotopic (exact) mass is 493 g/mol. The molecular weight excluding hydrogens is 485 g/mol. The zero-order valence-corrected chi connectivity index (χ0v) is 15.1. The largest absolute Gasteiger partial charge is 0.321 e. The molecule has 0 aliphatic rings. The molecule has 19 heavy (non-hydrogen) atoms. The molecule has 0 saturated heterocycles. The van der Waals surface area contributed by atoms with E-state index in [9.17, 15) is 4.79 Å². The highest BCUT2D eigenvalue weighted by Crippen LogP contribution is 2.25. The van der Waals surface area contributed by atoms with Crippen molar-refractivity contribution in [1.29, 1.82) is 0 Å². The van der Waals surface area contributed by atoms with E-state index in [-0.39, 0.29) is 5.91 Å². The van der Waals surface area contributed by atoms with Crippen LogP contribution in [-0.2, 0) is 5.33 Å². The molecule has 1 amide bonds. The Labute approximate surface area is 142 Å². The first-order valence-electron chi connectivity index (χ1n) is 5.51. The maximum atomic E-state index is 12.1. The third-order valence-electron chi connectivity index (χ3n) is 2.55. The van der Waals surface area contributed by atoms with Gasteiger partial charge in [-0.05, 0) is 74.4 Å². The summed E-state index contributed by atoms with van der Waals surface area (Å²) in [6, 6.07) is 13.4. The Hall–Kier alpha value is -0.400. The minimum atomic E-state index is -0.108. The van der Waals surface area contributed by atoms with Gasteiger partial charge < -0.3 is 5.32 Å². The summed E-state index contributed by atoms with van der Waals surface area (Å²) >= 11 is 9.03. The van der Waals surface area contributed by atoms with Crippen LogP contribution < -0.4 is 5.32 Å². The molecule has 98 valence electrons. The highest BCUT2D eigenvalue weighted by Gasteiger charge is 2.08. The Morgan fingerprint density at radius 3 is 2.47 bits per heavy atom. The second kappa shape index (κ2) is 6.85. The SMILES string of the molecule is O=C(Nc1cc(I)ccc1Br)c1ccc(CBr)cc1. The molecule has 0 bridgehead atoms. The molecule has 2 rings (SSSR count). The molecule has 0 fully saturated rings. The van der Waals surface area contributed by atoms with E-state index in [0.717, 1.165) is 24.6 Å². The van der Waals surface area contributed by atoms with E-state index in [2.05, 4.69) is 59.8 Å². The zero-order valence-electron chi connectivity index (χ0n) is 9.79.